The topological polar surface area (TPSA) is 16.1 Å². The van der Waals surface area contributed by atoms with Crippen molar-refractivity contribution in [3.05, 3.63) is 146 Å². The van der Waals surface area contributed by atoms with Crippen LogP contribution in [0.1, 0.15) is 0 Å². The smallest absolute Gasteiger partial charge is 0.124 e. The average Bonchev–Trinajstić information content (AvgIpc) is 3.41. The van der Waals surface area contributed by atoms with E-state index in [2.05, 4.69) is 143 Å². The Morgan fingerprint density at radius 1 is 0.500 bits per heavy atom. The Hall–Kier alpha value is -4.99. The molecule has 0 aliphatic heterocycles. The van der Waals surface area contributed by atoms with Gasteiger partial charge in [0.1, 0.15) is 4.83 Å². The molecule has 0 saturated carbocycles. The summed E-state index contributed by atoms with van der Waals surface area (Å²) in [5, 5.41) is 7.44. The van der Waals surface area contributed by atoms with Gasteiger partial charge in [0.15, 0.2) is 0 Å². The van der Waals surface area contributed by atoms with Crippen LogP contribution in [-0.4, -0.2) is 4.98 Å². The number of fused-ring (bicyclic) bond motifs is 6. The molecule has 0 fully saturated rings. The molecule has 8 rings (SSSR count). The lowest BCUT2D eigenvalue weighted by molar-refractivity contribution is 1.31. The molecular weight excluding hydrogens is 504 g/mol. The molecule has 0 atom stereocenters. The molecule has 2 nitrogen and oxygen atoms in total. The van der Waals surface area contributed by atoms with Crippen LogP contribution in [0.5, 0.6) is 0 Å². The predicted molar refractivity (Wildman–Crippen MR) is 172 cm³/mol. The highest BCUT2D eigenvalue weighted by Crippen LogP contribution is 2.45. The molecule has 2 heterocycles. The Kier molecular flexibility index (Phi) is 5.35. The van der Waals surface area contributed by atoms with Crippen LogP contribution in [0.25, 0.3) is 53.0 Å². The Morgan fingerprint density at radius 3 is 2.08 bits per heavy atom. The molecular formula is C37H24N2S. The molecule has 188 valence electrons. The van der Waals surface area contributed by atoms with Crippen LogP contribution < -0.4 is 4.90 Å². The monoisotopic (exact) mass is 528 g/mol. The zero-order valence-electron chi connectivity index (χ0n) is 21.7. The normalized spacial score (nSPS) is 11.5. The highest BCUT2D eigenvalue weighted by Gasteiger charge is 2.19. The SMILES string of the molecule is c1ccc(-c2ccc(N(c3ccc4ccc5ccccc5c4c3)c3cccc4sc5ncccc5c34)cc2)cc1. The number of nitrogens with zero attached hydrogens (tertiary/aromatic N) is 2. The van der Waals surface area contributed by atoms with Crippen molar-refractivity contribution in [1.82, 2.24) is 4.98 Å². The zero-order valence-corrected chi connectivity index (χ0v) is 22.5. The van der Waals surface area contributed by atoms with Crippen molar-refractivity contribution in [1.29, 1.82) is 0 Å². The van der Waals surface area contributed by atoms with Crippen LogP contribution in [0.4, 0.5) is 17.1 Å². The second-order valence-corrected chi connectivity index (χ2v) is 11.1. The minimum absolute atomic E-state index is 1.06. The first-order chi connectivity index (χ1) is 19.8. The second kappa shape index (κ2) is 9.33. The molecule has 3 heteroatoms. The van der Waals surface area contributed by atoms with Gasteiger partial charge in [-0.3, -0.25) is 0 Å². The van der Waals surface area contributed by atoms with Gasteiger partial charge < -0.3 is 4.90 Å². The second-order valence-electron chi connectivity index (χ2n) is 10.0. The molecule has 8 aromatic rings. The van der Waals surface area contributed by atoms with Gasteiger partial charge in [0.2, 0.25) is 0 Å². The van der Waals surface area contributed by atoms with E-state index in [1.165, 1.54) is 48.1 Å². The van der Waals surface area contributed by atoms with Gasteiger partial charge in [-0.2, -0.15) is 0 Å². The maximum atomic E-state index is 4.68. The van der Waals surface area contributed by atoms with E-state index < -0.39 is 0 Å². The van der Waals surface area contributed by atoms with Crippen molar-refractivity contribution in [3.8, 4) is 11.1 Å². The minimum Gasteiger partial charge on any atom is -0.310 e. The van der Waals surface area contributed by atoms with Gasteiger partial charge in [0.05, 0.1) is 5.69 Å². The zero-order chi connectivity index (χ0) is 26.5. The van der Waals surface area contributed by atoms with E-state index >= 15 is 0 Å². The van der Waals surface area contributed by atoms with Crippen molar-refractivity contribution < 1.29 is 0 Å². The first-order valence-electron chi connectivity index (χ1n) is 13.5. The van der Waals surface area contributed by atoms with E-state index in [1.54, 1.807) is 11.3 Å². The number of rotatable bonds is 4. The van der Waals surface area contributed by atoms with Crippen molar-refractivity contribution in [2.75, 3.05) is 4.90 Å². The Balaban J connectivity index is 1.39. The van der Waals surface area contributed by atoms with Gasteiger partial charge in [0, 0.05) is 33.0 Å². The van der Waals surface area contributed by atoms with E-state index in [-0.39, 0.29) is 0 Å². The summed E-state index contributed by atoms with van der Waals surface area (Å²) >= 11 is 1.75. The van der Waals surface area contributed by atoms with Gasteiger partial charge in [0.25, 0.3) is 0 Å². The molecule has 6 aromatic carbocycles. The van der Waals surface area contributed by atoms with Crippen molar-refractivity contribution in [2.45, 2.75) is 0 Å². The molecule has 0 radical (unpaired) electrons. The van der Waals surface area contributed by atoms with Gasteiger partial charge in [-0.25, -0.2) is 4.98 Å². The third-order valence-electron chi connectivity index (χ3n) is 7.71. The van der Waals surface area contributed by atoms with E-state index in [0.717, 1.165) is 21.9 Å². The molecule has 0 amide bonds. The quantitative estimate of drug-likeness (QED) is 0.211. The Bertz CT molecular complexity index is 2160. The highest BCUT2D eigenvalue weighted by atomic mass is 32.1. The van der Waals surface area contributed by atoms with Crippen molar-refractivity contribution >= 4 is 70.2 Å². The number of anilines is 3. The van der Waals surface area contributed by atoms with Crippen LogP contribution in [0.2, 0.25) is 0 Å². The van der Waals surface area contributed by atoms with Crippen molar-refractivity contribution in [2.24, 2.45) is 0 Å². The summed E-state index contributed by atoms with van der Waals surface area (Å²) in [5.41, 5.74) is 5.83. The number of thiophene rings is 1. The molecule has 2 aromatic heterocycles. The third-order valence-corrected chi connectivity index (χ3v) is 8.79. The molecule has 0 spiro atoms. The van der Waals surface area contributed by atoms with E-state index in [4.69, 9.17) is 0 Å². The number of hydrogen-bond donors (Lipinski definition) is 0. The first-order valence-corrected chi connectivity index (χ1v) is 14.3. The molecule has 0 N–H and O–H groups in total. The molecule has 0 bridgehead atoms. The molecule has 0 unspecified atom stereocenters. The fourth-order valence-corrected chi connectivity index (χ4v) is 6.88. The molecule has 0 aliphatic rings. The van der Waals surface area contributed by atoms with E-state index in [1.807, 2.05) is 12.3 Å². The van der Waals surface area contributed by atoms with Gasteiger partial charge in [-0.05, 0) is 81.2 Å². The van der Waals surface area contributed by atoms with Crippen LogP contribution in [0, 0.1) is 0 Å². The summed E-state index contributed by atoms with van der Waals surface area (Å²) in [4.78, 5) is 8.15. The average molecular weight is 529 g/mol. The van der Waals surface area contributed by atoms with Crippen LogP contribution >= 0.6 is 11.3 Å². The summed E-state index contributed by atoms with van der Waals surface area (Å²) in [6.07, 6.45) is 1.88. The lowest BCUT2D eigenvalue weighted by Crippen LogP contribution is -2.10. The minimum atomic E-state index is 1.06. The van der Waals surface area contributed by atoms with Crippen LogP contribution in [0.3, 0.4) is 0 Å². The summed E-state index contributed by atoms with van der Waals surface area (Å²) < 4.78 is 1.24. The number of pyridine rings is 1. The van der Waals surface area contributed by atoms with Gasteiger partial charge >= 0.3 is 0 Å². The summed E-state index contributed by atoms with van der Waals surface area (Å²) in [6.45, 7) is 0. The lowest BCUT2D eigenvalue weighted by Gasteiger charge is -2.27. The van der Waals surface area contributed by atoms with Gasteiger partial charge in [-0.1, -0.05) is 91.0 Å². The van der Waals surface area contributed by atoms with Gasteiger partial charge in [-0.15, -0.1) is 11.3 Å². The first kappa shape index (κ1) is 22.9. The molecule has 0 saturated heterocycles. The summed E-state index contributed by atoms with van der Waals surface area (Å²) in [7, 11) is 0. The Morgan fingerprint density at radius 2 is 1.20 bits per heavy atom. The van der Waals surface area contributed by atoms with E-state index in [9.17, 15) is 0 Å². The lowest BCUT2D eigenvalue weighted by atomic mass is 10.0. The maximum Gasteiger partial charge on any atom is 0.124 e. The van der Waals surface area contributed by atoms with Crippen molar-refractivity contribution in [3.63, 3.8) is 0 Å². The summed E-state index contributed by atoms with van der Waals surface area (Å²) in [6, 6.07) is 50.2. The fourth-order valence-electron chi connectivity index (χ4n) is 5.82. The fraction of sp³-hybridized carbons (Fsp3) is 0. The Labute approximate surface area is 236 Å². The van der Waals surface area contributed by atoms with Crippen LogP contribution in [0.15, 0.2) is 146 Å². The molecule has 0 aliphatic carbocycles. The highest BCUT2D eigenvalue weighted by molar-refractivity contribution is 7.25. The van der Waals surface area contributed by atoms with E-state index in [0.29, 0.717) is 0 Å². The predicted octanol–water partition coefficient (Wildman–Crippen LogP) is 10.9. The number of benzene rings is 6. The largest absolute Gasteiger partial charge is 0.310 e. The number of hydrogen-bond acceptors (Lipinski definition) is 3. The number of aromatic nitrogens is 1. The third kappa shape index (κ3) is 3.75. The molecule has 40 heavy (non-hydrogen) atoms. The van der Waals surface area contributed by atoms with Crippen LogP contribution in [-0.2, 0) is 0 Å². The summed E-state index contributed by atoms with van der Waals surface area (Å²) in [5.74, 6) is 0. The standard InChI is InChI=1S/C37H24N2S/c1-2-8-25(9-3-1)26-17-20-29(21-18-26)39(34-13-6-14-35-36(34)32-12-7-23-38-37(32)40-35)30-22-19-28-16-15-27-10-4-5-11-31(27)33(28)24-30/h1-24H. The maximum absolute atomic E-state index is 4.68.